The van der Waals surface area contributed by atoms with Gasteiger partial charge in [-0.3, -0.25) is 10.1 Å². The van der Waals surface area contributed by atoms with Gasteiger partial charge in [0.1, 0.15) is 0 Å². The molecule has 0 amide bonds. The fourth-order valence-corrected chi connectivity index (χ4v) is 4.91. The second-order valence-electron chi connectivity index (χ2n) is 5.36. The lowest BCUT2D eigenvalue weighted by molar-refractivity contribution is -0.385. The number of nitrogens with zero attached hydrogens (tertiary/aromatic N) is 1. The highest BCUT2D eigenvalue weighted by Gasteiger charge is 2.19. The lowest BCUT2D eigenvalue weighted by Crippen LogP contribution is -2.26. The number of hydrogen-bond acceptors (Lipinski definition) is 5. The van der Waals surface area contributed by atoms with E-state index >= 15 is 0 Å². The Hall–Kier alpha value is -1.32. The van der Waals surface area contributed by atoms with E-state index in [-0.39, 0.29) is 17.1 Å². The van der Waals surface area contributed by atoms with Crippen molar-refractivity contribution in [1.29, 1.82) is 0 Å². The van der Waals surface area contributed by atoms with Crippen LogP contribution in [0.1, 0.15) is 11.1 Å². The molecular formula is C16H16Cl2N2O4S2. The van der Waals surface area contributed by atoms with Gasteiger partial charge in [-0.2, -0.15) is 11.8 Å². The van der Waals surface area contributed by atoms with E-state index in [9.17, 15) is 18.5 Å². The number of nitrogens with one attached hydrogen (secondary N) is 1. The van der Waals surface area contributed by atoms with Crippen LogP contribution in [0.3, 0.4) is 0 Å². The number of benzene rings is 2. The lowest BCUT2D eigenvalue weighted by atomic mass is 10.2. The lowest BCUT2D eigenvalue weighted by Gasteiger charge is -2.09. The summed E-state index contributed by atoms with van der Waals surface area (Å²) in [6.45, 7) is 1.73. The second kappa shape index (κ2) is 9.05. The summed E-state index contributed by atoms with van der Waals surface area (Å²) in [5.41, 5.74) is 0.981. The van der Waals surface area contributed by atoms with Crippen molar-refractivity contribution >= 4 is 50.7 Å². The Morgan fingerprint density at radius 2 is 1.85 bits per heavy atom. The first-order valence-corrected chi connectivity index (χ1v) is 10.9. The normalized spacial score (nSPS) is 11.5. The predicted octanol–water partition coefficient (Wildman–Crippen LogP) is 4.42. The van der Waals surface area contributed by atoms with Gasteiger partial charge in [0.25, 0.3) is 5.69 Å². The quantitative estimate of drug-likeness (QED) is 0.377. The van der Waals surface area contributed by atoms with Crippen molar-refractivity contribution in [2.75, 3.05) is 12.3 Å². The summed E-state index contributed by atoms with van der Waals surface area (Å²) >= 11 is 13.6. The molecule has 0 spiro atoms. The van der Waals surface area contributed by atoms with Crippen LogP contribution in [0.15, 0.2) is 41.3 Å². The molecule has 2 aromatic carbocycles. The molecule has 26 heavy (non-hydrogen) atoms. The Labute approximate surface area is 166 Å². The number of nitro benzene ring substituents is 1. The van der Waals surface area contributed by atoms with Gasteiger partial charge < -0.3 is 0 Å². The standard InChI is InChI=1S/C16H16Cl2N2O4S2/c1-11-5-6-12(9-16(11)20(21)22)26(23,24)19-7-8-25-10-13-14(17)3-2-4-15(13)18/h2-6,9,19H,7-8,10H2,1H3. The molecule has 0 heterocycles. The van der Waals surface area contributed by atoms with E-state index in [1.54, 1.807) is 25.1 Å². The van der Waals surface area contributed by atoms with E-state index in [1.807, 2.05) is 0 Å². The highest BCUT2D eigenvalue weighted by atomic mass is 35.5. The first-order valence-electron chi connectivity index (χ1n) is 7.47. The molecule has 0 saturated carbocycles. The molecule has 6 nitrogen and oxygen atoms in total. The maximum atomic E-state index is 12.3. The smallest absolute Gasteiger partial charge is 0.258 e. The third-order valence-corrected chi connectivity index (χ3v) is 6.69. The zero-order chi connectivity index (χ0) is 19.3. The van der Waals surface area contributed by atoms with Gasteiger partial charge in [-0.25, -0.2) is 13.1 Å². The highest BCUT2D eigenvalue weighted by Crippen LogP contribution is 2.28. The van der Waals surface area contributed by atoms with Crippen molar-refractivity contribution in [2.24, 2.45) is 0 Å². The third-order valence-electron chi connectivity index (χ3n) is 3.53. The van der Waals surface area contributed by atoms with Crippen LogP contribution in [-0.2, 0) is 15.8 Å². The SMILES string of the molecule is Cc1ccc(S(=O)(=O)NCCSCc2c(Cl)cccc2Cl)cc1[N+](=O)[O-]. The minimum Gasteiger partial charge on any atom is -0.258 e. The van der Waals surface area contributed by atoms with E-state index in [0.29, 0.717) is 27.1 Å². The van der Waals surface area contributed by atoms with Crippen LogP contribution < -0.4 is 4.72 Å². The van der Waals surface area contributed by atoms with E-state index < -0.39 is 14.9 Å². The molecule has 0 unspecified atom stereocenters. The largest absolute Gasteiger partial charge is 0.273 e. The van der Waals surface area contributed by atoms with Crippen LogP contribution in [0.4, 0.5) is 5.69 Å². The first kappa shape index (κ1) is 21.0. The van der Waals surface area contributed by atoms with Crippen LogP contribution in [0.2, 0.25) is 10.0 Å². The molecule has 0 atom stereocenters. The van der Waals surface area contributed by atoms with Gasteiger partial charge in [-0.1, -0.05) is 35.3 Å². The molecule has 0 aliphatic heterocycles. The van der Waals surface area contributed by atoms with E-state index in [4.69, 9.17) is 23.2 Å². The molecule has 0 fully saturated rings. The summed E-state index contributed by atoms with van der Waals surface area (Å²) in [5.74, 6) is 1.05. The van der Waals surface area contributed by atoms with Crippen molar-refractivity contribution in [3.05, 3.63) is 67.7 Å². The molecule has 0 aliphatic carbocycles. The molecule has 0 aliphatic rings. The van der Waals surface area contributed by atoms with Crippen molar-refractivity contribution in [3.63, 3.8) is 0 Å². The zero-order valence-electron chi connectivity index (χ0n) is 13.7. The Balaban J connectivity index is 1.93. The Bertz CT molecular complexity index is 900. The second-order valence-corrected chi connectivity index (χ2v) is 9.04. The number of rotatable bonds is 8. The molecule has 140 valence electrons. The first-order chi connectivity index (χ1) is 12.2. The monoisotopic (exact) mass is 434 g/mol. The van der Waals surface area contributed by atoms with Gasteiger partial charge in [0.05, 0.1) is 9.82 Å². The molecule has 2 rings (SSSR count). The Morgan fingerprint density at radius 1 is 1.19 bits per heavy atom. The molecule has 0 saturated heterocycles. The minimum absolute atomic E-state index is 0.131. The van der Waals surface area contributed by atoms with Gasteiger partial charge in [0.15, 0.2) is 0 Å². The van der Waals surface area contributed by atoms with Gasteiger partial charge in [-0.05, 0) is 30.7 Å². The molecule has 1 N–H and O–H groups in total. The van der Waals surface area contributed by atoms with Gasteiger partial charge in [0, 0.05) is 39.7 Å². The molecule has 10 heteroatoms. The molecule has 0 bridgehead atoms. The summed E-state index contributed by atoms with van der Waals surface area (Å²) < 4.78 is 27.0. The fourth-order valence-electron chi connectivity index (χ4n) is 2.13. The summed E-state index contributed by atoms with van der Waals surface area (Å²) in [6, 6.07) is 9.08. The number of hydrogen-bond donors (Lipinski definition) is 1. The van der Waals surface area contributed by atoms with Crippen LogP contribution in [0.5, 0.6) is 0 Å². The van der Waals surface area contributed by atoms with Crippen molar-refractivity contribution in [3.8, 4) is 0 Å². The predicted molar refractivity (Wildman–Crippen MR) is 106 cm³/mol. The van der Waals surface area contributed by atoms with Gasteiger partial charge in [-0.15, -0.1) is 0 Å². The Kier molecular flexibility index (Phi) is 7.31. The average Bonchev–Trinajstić information content (AvgIpc) is 2.56. The molecule has 0 radical (unpaired) electrons. The molecule has 2 aromatic rings. The average molecular weight is 435 g/mol. The number of halogens is 2. The van der Waals surface area contributed by atoms with Crippen LogP contribution in [0.25, 0.3) is 0 Å². The zero-order valence-corrected chi connectivity index (χ0v) is 16.9. The molecular weight excluding hydrogens is 419 g/mol. The van der Waals surface area contributed by atoms with Crippen LogP contribution >= 0.6 is 35.0 Å². The van der Waals surface area contributed by atoms with E-state index in [1.165, 1.54) is 23.9 Å². The maximum absolute atomic E-state index is 12.3. The van der Waals surface area contributed by atoms with Crippen molar-refractivity contribution < 1.29 is 13.3 Å². The maximum Gasteiger partial charge on any atom is 0.273 e. The number of nitro groups is 1. The number of aryl methyl sites for hydroxylation is 1. The summed E-state index contributed by atoms with van der Waals surface area (Å²) in [5, 5.41) is 12.1. The van der Waals surface area contributed by atoms with Crippen LogP contribution in [-0.4, -0.2) is 25.6 Å². The number of thioether (sulfide) groups is 1. The molecule has 0 aromatic heterocycles. The Morgan fingerprint density at radius 3 is 2.46 bits per heavy atom. The third kappa shape index (κ3) is 5.34. The van der Waals surface area contributed by atoms with Crippen LogP contribution in [0, 0.1) is 17.0 Å². The van der Waals surface area contributed by atoms with E-state index in [0.717, 1.165) is 11.6 Å². The van der Waals surface area contributed by atoms with Gasteiger partial charge >= 0.3 is 0 Å². The highest BCUT2D eigenvalue weighted by molar-refractivity contribution is 7.98. The minimum atomic E-state index is -3.81. The van der Waals surface area contributed by atoms with Crippen molar-refractivity contribution in [1.82, 2.24) is 4.72 Å². The summed E-state index contributed by atoms with van der Waals surface area (Å²) in [6.07, 6.45) is 0. The summed E-state index contributed by atoms with van der Waals surface area (Å²) in [4.78, 5) is 10.2. The topological polar surface area (TPSA) is 89.3 Å². The fraction of sp³-hybridized carbons (Fsp3) is 0.250. The van der Waals surface area contributed by atoms with Crippen molar-refractivity contribution in [2.45, 2.75) is 17.6 Å². The number of sulfonamides is 1. The van der Waals surface area contributed by atoms with Gasteiger partial charge in [0.2, 0.25) is 10.0 Å². The summed E-state index contributed by atoms with van der Waals surface area (Å²) in [7, 11) is -3.81. The van der Waals surface area contributed by atoms with E-state index in [2.05, 4.69) is 4.72 Å².